The Bertz CT molecular complexity index is 2300. The van der Waals surface area contributed by atoms with Crippen molar-refractivity contribution < 1.29 is 0 Å². The van der Waals surface area contributed by atoms with Gasteiger partial charge in [-0.25, -0.2) is 0 Å². The number of nitrogens with zero attached hydrogens (tertiary/aromatic N) is 2. The number of thiophene rings is 1. The number of rotatable bonds is 4. The zero-order valence-corrected chi connectivity index (χ0v) is 26.0. The maximum atomic E-state index is 6.73. The van der Waals surface area contributed by atoms with E-state index in [-0.39, 0.29) is 12.0 Å². The summed E-state index contributed by atoms with van der Waals surface area (Å²) in [6.45, 7) is 0.523. The van der Waals surface area contributed by atoms with Crippen molar-refractivity contribution in [2.45, 2.75) is 12.0 Å². The van der Waals surface area contributed by atoms with Gasteiger partial charge < -0.3 is 10.6 Å². The van der Waals surface area contributed by atoms with Gasteiger partial charge >= 0.3 is 0 Å². The van der Waals surface area contributed by atoms with Crippen LogP contribution < -0.4 is 10.6 Å². The van der Waals surface area contributed by atoms with Crippen molar-refractivity contribution in [3.63, 3.8) is 0 Å². The van der Waals surface area contributed by atoms with Crippen LogP contribution in [0.4, 0.5) is 5.69 Å². The van der Waals surface area contributed by atoms with E-state index < -0.39 is 0 Å². The summed E-state index contributed by atoms with van der Waals surface area (Å²) in [5.41, 5.74) is 18.2. The van der Waals surface area contributed by atoms with Gasteiger partial charge in [-0.05, 0) is 57.7 Å². The summed E-state index contributed by atoms with van der Waals surface area (Å²) < 4.78 is 2.67. The number of benzene rings is 5. The largest absolute Gasteiger partial charge is 0.398 e. The summed E-state index contributed by atoms with van der Waals surface area (Å²) in [4.78, 5) is 7.74. The molecule has 1 aliphatic heterocycles. The predicted molar refractivity (Wildman–Crippen MR) is 196 cm³/mol. The average Bonchev–Trinajstić information content (AvgIpc) is 3.66. The molecule has 0 bridgehead atoms. The summed E-state index contributed by atoms with van der Waals surface area (Å²) in [6, 6.07) is 43.6. The lowest BCUT2D eigenvalue weighted by molar-refractivity contribution is 0.667. The third-order valence-corrected chi connectivity index (χ3v) is 10.7. The second-order valence-corrected chi connectivity index (χ2v) is 13.1. The molecule has 0 spiro atoms. The molecule has 2 N–H and O–H groups in total. The van der Waals surface area contributed by atoms with E-state index >= 15 is 0 Å². The molecule has 0 saturated carbocycles. The van der Waals surface area contributed by atoms with Gasteiger partial charge in [0, 0.05) is 43.0 Å². The van der Waals surface area contributed by atoms with Crippen LogP contribution in [0.2, 0.25) is 0 Å². The Morgan fingerprint density at radius 3 is 2.33 bits per heavy atom. The van der Waals surface area contributed by atoms with E-state index in [4.69, 9.17) is 10.7 Å². The van der Waals surface area contributed by atoms with E-state index in [1.807, 2.05) is 41.7 Å². The highest BCUT2D eigenvalue weighted by Crippen LogP contribution is 2.54. The van der Waals surface area contributed by atoms with Crippen LogP contribution >= 0.6 is 11.3 Å². The van der Waals surface area contributed by atoms with Crippen LogP contribution in [0.25, 0.3) is 31.4 Å². The molecule has 2 aliphatic carbocycles. The molecule has 4 heteroatoms. The quantitative estimate of drug-likeness (QED) is 0.216. The van der Waals surface area contributed by atoms with E-state index in [2.05, 4.69) is 126 Å². The topological polar surface area (TPSA) is 41.6 Å². The lowest BCUT2D eigenvalue weighted by Gasteiger charge is -2.33. The van der Waals surface area contributed by atoms with Crippen molar-refractivity contribution in [1.29, 1.82) is 0 Å². The van der Waals surface area contributed by atoms with Gasteiger partial charge in [0.2, 0.25) is 0 Å². The molecular formula is C42H31N3S. The van der Waals surface area contributed by atoms with Crippen molar-refractivity contribution in [2.75, 3.05) is 11.6 Å². The molecule has 0 fully saturated rings. The predicted octanol–water partition coefficient (Wildman–Crippen LogP) is 9.71. The Hall–Kier alpha value is -5.45. The third kappa shape index (κ3) is 4.22. The smallest absolute Gasteiger partial charge is 0.111 e. The van der Waals surface area contributed by atoms with Gasteiger partial charge in [0.15, 0.2) is 0 Å². The fourth-order valence-electron chi connectivity index (χ4n) is 7.50. The summed E-state index contributed by atoms with van der Waals surface area (Å²) >= 11 is 1.89. The Kier molecular flexibility index (Phi) is 6.36. The molecule has 2 unspecified atom stereocenters. The van der Waals surface area contributed by atoms with Crippen LogP contribution in [0.1, 0.15) is 33.7 Å². The van der Waals surface area contributed by atoms with Gasteiger partial charge in [-0.2, -0.15) is 0 Å². The Labute approximate surface area is 272 Å². The number of aliphatic imine (C=N–C) groups is 1. The molecule has 1 aromatic heterocycles. The monoisotopic (exact) mass is 609 g/mol. The first-order valence-electron chi connectivity index (χ1n) is 15.8. The second-order valence-electron chi connectivity index (χ2n) is 12.0. The number of nitrogens with two attached hydrogens (primary N) is 1. The molecule has 5 aromatic carbocycles. The molecule has 0 amide bonds. The average molecular weight is 610 g/mol. The lowest BCUT2D eigenvalue weighted by atomic mass is 9.75. The van der Waals surface area contributed by atoms with E-state index in [9.17, 15) is 0 Å². The van der Waals surface area contributed by atoms with E-state index in [1.54, 1.807) is 0 Å². The van der Waals surface area contributed by atoms with E-state index in [0.29, 0.717) is 6.67 Å². The van der Waals surface area contributed by atoms with Gasteiger partial charge in [-0.3, -0.25) is 4.99 Å². The third-order valence-electron chi connectivity index (χ3n) is 9.56. The molecule has 3 nitrogen and oxygen atoms in total. The minimum absolute atomic E-state index is 0.119. The molecule has 6 aromatic rings. The first kappa shape index (κ1) is 26.9. The zero-order valence-electron chi connectivity index (χ0n) is 25.2. The molecule has 3 aliphatic rings. The maximum absolute atomic E-state index is 6.73. The Morgan fingerprint density at radius 2 is 1.46 bits per heavy atom. The molecule has 0 saturated heterocycles. The molecular weight excluding hydrogens is 579 g/mol. The highest BCUT2D eigenvalue weighted by atomic mass is 32.1. The van der Waals surface area contributed by atoms with Crippen molar-refractivity contribution >= 4 is 54.2 Å². The number of anilines is 1. The molecule has 9 rings (SSSR count). The number of hydrogen-bond acceptors (Lipinski definition) is 4. The lowest BCUT2D eigenvalue weighted by Crippen LogP contribution is -2.35. The number of hydrogen-bond donors (Lipinski definition) is 1. The number of allylic oxidation sites excluding steroid dienone is 5. The first-order valence-corrected chi connectivity index (χ1v) is 16.6. The van der Waals surface area contributed by atoms with Crippen molar-refractivity contribution in [2.24, 2.45) is 10.7 Å². The highest BCUT2D eigenvalue weighted by Gasteiger charge is 2.42. The van der Waals surface area contributed by atoms with Crippen LogP contribution in [0.15, 0.2) is 162 Å². The minimum Gasteiger partial charge on any atom is -0.398 e. The molecule has 2 heterocycles. The van der Waals surface area contributed by atoms with Crippen LogP contribution in [0.5, 0.6) is 0 Å². The fourth-order valence-corrected chi connectivity index (χ4v) is 8.62. The SMILES string of the molecule is N/C(=C1/C=CC=C/C1=N/CN1c2ccccc2C2c3ccc4sc5ccccc5c4c3C(c3ccccc3)=CC21)c1ccccc1. The Morgan fingerprint density at radius 1 is 0.717 bits per heavy atom. The minimum atomic E-state index is 0.119. The van der Waals surface area contributed by atoms with Crippen LogP contribution in [0.3, 0.4) is 0 Å². The maximum Gasteiger partial charge on any atom is 0.111 e. The highest BCUT2D eigenvalue weighted by molar-refractivity contribution is 7.25. The van der Waals surface area contributed by atoms with Gasteiger partial charge in [-0.1, -0.05) is 127 Å². The van der Waals surface area contributed by atoms with E-state index in [0.717, 1.165) is 22.5 Å². The van der Waals surface area contributed by atoms with E-state index in [1.165, 1.54) is 53.7 Å². The molecule has 0 radical (unpaired) electrons. The van der Waals surface area contributed by atoms with Gasteiger partial charge in [0.05, 0.1) is 11.8 Å². The first-order chi connectivity index (χ1) is 22.8. The van der Waals surface area contributed by atoms with Gasteiger partial charge in [0.1, 0.15) is 6.67 Å². The summed E-state index contributed by atoms with van der Waals surface area (Å²) in [5.74, 6) is 0.202. The summed E-state index contributed by atoms with van der Waals surface area (Å²) in [6.07, 6.45) is 10.7. The normalized spacial score (nSPS) is 20.1. The van der Waals surface area contributed by atoms with Crippen LogP contribution in [0, 0.1) is 0 Å². The molecule has 46 heavy (non-hydrogen) atoms. The molecule has 220 valence electrons. The Balaban J connectivity index is 1.22. The molecule has 2 atom stereocenters. The van der Waals surface area contributed by atoms with Gasteiger partial charge in [-0.15, -0.1) is 11.3 Å². The van der Waals surface area contributed by atoms with Gasteiger partial charge in [0.25, 0.3) is 0 Å². The summed E-state index contributed by atoms with van der Waals surface area (Å²) in [5, 5.41) is 2.70. The second kappa shape index (κ2) is 10.9. The van der Waals surface area contributed by atoms with Crippen molar-refractivity contribution in [3.05, 3.63) is 185 Å². The van der Waals surface area contributed by atoms with Crippen LogP contribution in [-0.2, 0) is 0 Å². The zero-order chi connectivity index (χ0) is 30.6. The fraction of sp³-hybridized carbons (Fsp3) is 0.0714. The van der Waals surface area contributed by atoms with Crippen LogP contribution in [-0.4, -0.2) is 18.4 Å². The van der Waals surface area contributed by atoms with Crippen molar-refractivity contribution in [1.82, 2.24) is 0 Å². The number of fused-ring (bicyclic) bond motifs is 9. The summed E-state index contributed by atoms with van der Waals surface area (Å²) in [7, 11) is 0. The standard InChI is InChI=1S/C42H31N3S/c43-42(28-15-5-2-6-16-28)29-17-7-10-20-34(29)44-26-45-35-21-11-8-18-30(35)39-32-23-24-38-41(31-19-9-12-22-37(31)46-38)40(32)33(25-36(39)45)27-13-3-1-4-14-27/h1-25,36,39H,26,43H2/b42-29-,44-34-. The number of para-hydroxylation sites is 1. The van der Waals surface area contributed by atoms with Crippen molar-refractivity contribution in [3.8, 4) is 0 Å².